The maximum atomic E-state index is 13.4. The highest BCUT2D eigenvalue weighted by Crippen LogP contribution is 2.22. The molecule has 0 radical (unpaired) electrons. The Hall–Kier alpha value is -1.91. The van der Waals surface area contributed by atoms with E-state index in [2.05, 4.69) is 5.32 Å². The van der Waals surface area contributed by atoms with E-state index in [9.17, 15) is 13.6 Å². The third kappa shape index (κ3) is 4.28. The topological polar surface area (TPSA) is 29.1 Å². The number of amides is 1. The molecule has 0 spiro atoms. The Bertz CT molecular complexity index is 717. The molecular weight excluding hydrogens is 319 g/mol. The van der Waals surface area contributed by atoms with Crippen LogP contribution in [0, 0.1) is 11.6 Å². The van der Waals surface area contributed by atoms with Crippen molar-refractivity contribution in [3.05, 3.63) is 69.7 Å². The number of hydrogen-bond donors (Lipinski definition) is 1. The van der Waals surface area contributed by atoms with Crippen LogP contribution in [-0.4, -0.2) is 5.91 Å². The van der Waals surface area contributed by atoms with Crippen LogP contribution in [0.1, 0.15) is 5.56 Å². The zero-order chi connectivity index (χ0) is 15.4. The van der Waals surface area contributed by atoms with Crippen LogP contribution in [0.3, 0.4) is 0 Å². The van der Waals surface area contributed by atoms with E-state index in [0.29, 0.717) is 15.6 Å². The average Bonchev–Trinajstić information content (AvgIpc) is 2.42. The van der Waals surface area contributed by atoms with E-state index in [0.717, 1.165) is 18.2 Å². The van der Waals surface area contributed by atoms with Crippen LogP contribution in [0.25, 0.3) is 6.08 Å². The molecule has 6 heteroatoms. The Balaban J connectivity index is 2.11. The number of carbonyl (C=O) groups is 1. The number of benzene rings is 2. The minimum Gasteiger partial charge on any atom is -0.320 e. The summed E-state index contributed by atoms with van der Waals surface area (Å²) in [6.45, 7) is 0. The molecule has 0 saturated carbocycles. The largest absolute Gasteiger partial charge is 0.320 e. The van der Waals surface area contributed by atoms with Gasteiger partial charge in [-0.1, -0.05) is 29.3 Å². The van der Waals surface area contributed by atoms with Gasteiger partial charge in [0.25, 0.3) is 0 Å². The lowest BCUT2D eigenvalue weighted by atomic mass is 10.2. The van der Waals surface area contributed by atoms with E-state index < -0.39 is 17.5 Å². The van der Waals surface area contributed by atoms with Gasteiger partial charge in [-0.2, -0.15) is 0 Å². The van der Waals surface area contributed by atoms with E-state index in [4.69, 9.17) is 23.2 Å². The van der Waals surface area contributed by atoms with Crippen molar-refractivity contribution in [3.8, 4) is 0 Å². The van der Waals surface area contributed by atoms with Gasteiger partial charge < -0.3 is 5.32 Å². The highest BCUT2D eigenvalue weighted by molar-refractivity contribution is 6.35. The van der Waals surface area contributed by atoms with Gasteiger partial charge in [0, 0.05) is 22.2 Å². The molecule has 0 aliphatic heterocycles. The van der Waals surface area contributed by atoms with Crippen molar-refractivity contribution in [2.24, 2.45) is 0 Å². The summed E-state index contributed by atoms with van der Waals surface area (Å²) in [5.74, 6) is -1.97. The van der Waals surface area contributed by atoms with Crippen LogP contribution in [-0.2, 0) is 4.79 Å². The second kappa shape index (κ2) is 6.70. The van der Waals surface area contributed by atoms with Gasteiger partial charge in [-0.3, -0.25) is 4.79 Å². The van der Waals surface area contributed by atoms with Crippen molar-refractivity contribution < 1.29 is 13.6 Å². The maximum absolute atomic E-state index is 13.4. The SMILES string of the molecule is O=C(/C=C/c1ccc(Cl)cc1Cl)Nc1cc(F)ccc1F. The fourth-order valence-electron chi connectivity index (χ4n) is 1.57. The summed E-state index contributed by atoms with van der Waals surface area (Å²) >= 11 is 11.7. The highest BCUT2D eigenvalue weighted by Gasteiger charge is 2.06. The van der Waals surface area contributed by atoms with E-state index in [1.165, 1.54) is 18.2 Å². The fourth-order valence-corrected chi connectivity index (χ4v) is 2.04. The molecule has 0 aliphatic rings. The molecule has 2 aromatic rings. The number of halogens is 4. The molecule has 0 bridgehead atoms. The number of carbonyl (C=O) groups excluding carboxylic acids is 1. The van der Waals surface area contributed by atoms with Gasteiger partial charge in [0.15, 0.2) is 0 Å². The number of nitrogens with one attached hydrogen (secondary N) is 1. The Kier molecular flexibility index (Phi) is 4.94. The van der Waals surface area contributed by atoms with Crippen molar-refractivity contribution in [3.63, 3.8) is 0 Å². The van der Waals surface area contributed by atoms with Crippen LogP contribution in [0.2, 0.25) is 10.0 Å². The lowest BCUT2D eigenvalue weighted by Gasteiger charge is -2.04. The van der Waals surface area contributed by atoms with Crippen molar-refractivity contribution in [1.82, 2.24) is 0 Å². The molecule has 0 unspecified atom stereocenters. The van der Waals surface area contributed by atoms with E-state index in [1.54, 1.807) is 12.1 Å². The van der Waals surface area contributed by atoms with E-state index in [1.807, 2.05) is 0 Å². The Labute approximate surface area is 130 Å². The summed E-state index contributed by atoms with van der Waals surface area (Å²) in [7, 11) is 0. The molecule has 2 nitrogen and oxygen atoms in total. The first-order valence-electron chi connectivity index (χ1n) is 5.85. The highest BCUT2D eigenvalue weighted by atomic mass is 35.5. The van der Waals surface area contributed by atoms with Crippen molar-refractivity contribution in [2.45, 2.75) is 0 Å². The average molecular weight is 328 g/mol. The van der Waals surface area contributed by atoms with Gasteiger partial charge in [0.1, 0.15) is 11.6 Å². The van der Waals surface area contributed by atoms with Gasteiger partial charge in [0.2, 0.25) is 5.91 Å². The fraction of sp³-hybridized carbons (Fsp3) is 0. The smallest absolute Gasteiger partial charge is 0.248 e. The Morgan fingerprint density at radius 3 is 2.57 bits per heavy atom. The molecule has 0 aliphatic carbocycles. The predicted molar refractivity (Wildman–Crippen MR) is 80.5 cm³/mol. The van der Waals surface area contributed by atoms with Crippen molar-refractivity contribution >= 4 is 40.9 Å². The molecule has 2 rings (SSSR count). The van der Waals surface area contributed by atoms with Crippen molar-refractivity contribution in [1.29, 1.82) is 0 Å². The minimum absolute atomic E-state index is 0.230. The summed E-state index contributed by atoms with van der Waals surface area (Å²) in [4.78, 5) is 11.7. The molecule has 0 aromatic heterocycles. The molecule has 0 fully saturated rings. The van der Waals surface area contributed by atoms with Crippen LogP contribution >= 0.6 is 23.2 Å². The van der Waals surface area contributed by atoms with Crippen LogP contribution in [0.15, 0.2) is 42.5 Å². The van der Waals surface area contributed by atoms with Gasteiger partial charge >= 0.3 is 0 Å². The molecule has 0 heterocycles. The van der Waals surface area contributed by atoms with Gasteiger partial charge in [0.05, 0.1) is 5.69 Å². The quantitative estimate of drug-likeness (QED) is 0.796. The Morgan fingerprint density at radius 1 is 1.10 bits per heavy atom. The first-order valence-corrected chi connectivity index (χ1v) is 6.60. The molecule has 21 heavy (non-hydrogen) atoms. The van der Waals surface area contributed by atoms with Crippen LogP contribution in [0.5, 0.6) is 0 Å². The number of anilines is 1. The first-order chi connectivity index (χ1) is 9.95. The number of rotatable bonds is 3. The lowest BCUT2D eigenvalue weighted by molar-refractivity contribution is -0.111. The second-order valence-corrected chi connectivity index (χ2v) is 4.96. The molecular formula is C15H9Cl2F2NO. The summed E-state index contributed by atoms with van der Waals surface area (Å²) < 4.78 is 26.3. The molecule has 1 N–H and O–H groups in total. The van der Waals surface area contributed by atoms with Gasteiger partial charge in [-0.05, 0) is 35.9 Å². The third-order valence-corrected chi connectivity index (χ3v) is 3.13. The molecule has 0 saturated heterocycles. The molecule has 108 valence electrons. The minimum atomic E-state index is -0.720. The first kappa shape index (κ1) is 15.5. The molecule has 1 amide bonds. The zero-order valence-corrected chi connectivity index (χ0v) is 12.1. The second-order valence-electron chi connectivity index (χ2n) is 4.11. The van der Waals surface area contributed by atoms with Crippen LogP contribution in [0.4, 0.5) is 14.5 Å². The summed E-state index contributed by atoms with van der Waals surface area (Å²) in [5, 5.41) is 3.10. The van der Waals surface area contributed by atoms with Crippen molar-refractivity contribution in [2.75, 3.05) is 5.32 Å². The summed E-state index contributed by atoms with van der Waals surface area (Å²) in [6, 6.07) is 7.59. The van der Waals surface area contributed by atoms with E-state index in [-0.39, 0.29) is 5.69 Å². The monoisotopic (exact) mass is 327 g/mol. The summed E-state index contributed by atoms with van der Waals surface area (Å²) in [5.41, 5.74) is 0.350. The molecule has 2 aromatic carbocycles. The third-order valence-electron chi connectivity index (χ3n) is 2.56. The van der Waals surface area contributed by atoms with Gasteiger partial charge in [-0.15, -0.1) is 0 Å². The Morgan fingerprint density at radius 2 is 1.86 bits per heavy atom. The van der Waals surface area contributed by atoms with Gasteiger partial charge in [-0.25, -0.2) is 8.78 Å². The standard InChI is InChI=1S/C15H9Cl2F2NO/c16-10-3-1-9(12(17)7-10)2-6-15(21)20-14-8-11(18)4-5-13(14)19/h1-8H,(H,20,21)/b6-2+. The van der Waals surface area contributed by atoms with E-state index >= 15 is 0 Å². The predicted octanol–water partition coefficient (Wildman–Crippen LogP) is 4.92. The number of hydrogen-bond acceptors (Lipinski definition) is 1. The lowest BCUT2D eigenvalue weighted by Crippen LogP contribution is -2.09. The van der Waals surface area contributed by atoms with Crippen LogP contribution < -0.4 is 5.32 Å². The molecule has 0 atom stereocenters. The zero-order valence-electron chi connectivity index (χ0n) is 10.5. The maximum Gasteiger partial charge on any atom is 0.248 e. The normalized spacial score (nSPS) is 10.9. The summed E-state index contributed by atoms with van der Waals surface area (Å²) in [6.07, 6.45) is 2.62.